The number of halogens is 1. The largest absolute Gasteiger partial charge is 0.453 e. The molecule has 1 aromatic carbocycles. The summed E-state index contributed by atoms with van der Waals surface area (Å²) in [7, 11) is 0. The molecule has 0 heterocycles. The van der Waals surface area contributed by atoms with E-state index < -0.39 is 6.10 Å². The van der Waals surface area contributed by atoms with Crippen LogP contribution in [0.4, 0.5) is 11.4 Å². The Bertz CT molecular complexity index is 839. The molecule has 0 spiro atoms. The number of carbonyl (C=O) groups is 3. The minimum absolute atomic E-state index is 0.0282. The highest BCUT2D eigenvalue weighted by Gasteiger charge is 2.57. The van der Waals surface area contributed by atoms with Crippen molar-refractivity contribution in [2.75, 3.05) is 10.6 Å². The second-order valence-electron chi connectivity index (χ2n) is 9.67. The standard InChI is InChI=1S/C23H29BrN2O4/c1-14(21(29)26-19-5-3-18(4-6-19)25-15(2)27)30-20(28)12-22-8-16-7-17(9-22)11-23(24,10-16)13-22/h3-6,14,16-17H,7-13H2,1-2H3,(H,25,27)(H,26,29)/t14-,16-,17+,22?,23?/m1/s1. The Morgan fingerprint density at radius 1 is 1.07 bits per heavy atom. The highest BCUT2D eigenvalue weighted by Crippen LogP contribution is 2.65. The van der Waals surface area contributed by atoms with Crippen molar-refractivity contribution in [1.82, 2.24) is 0 Å². The molecule has 5 atom stereocenters. The van der Waals surface area contributed by atoms with Gasteiger partial charge in [-0.25, -0.2) is 0 Å². The van der Waals surface area contributed by atoms with Crippen molar-refractivity contribution in [2.45, 2.75) is 69.2 Å². The van der Waals surface area contributed by atoms with Gasteiger partial charge in [-0.1, -0.05) is 15.9 Å². The highest BCUT2D eigenvalue weighted by molar-refractivity contribution is 9.10. The molecule has 4 aliphatic carbocycles. The van der Waals surface area contributed by atoms with Gasteiger partial charge in [-0.3, -0.25) is 14.4 Å². The van der Waals surface area contributed by atoms with E-state index in [4.69, 9.17) is 4.74 Å². The zero-order chi connectivity index (χ0) is 21.5. The fourth-order valence-electron chi connectivity index (χ4n) is 6.23. The first-order valence-corrected chi connectivity index (χ1v) is 11.5. The summed E-state index contributed by atoms with van der Waals surface area (Å²) in [5.74, 6) is 0.617. The molecule has 0 radical (unpaired) electrons. The number of hydrogen-bond acceptors (Lipinski definition) is 4. The summed E-state index contributed by atoms with van der Waals surface area (Å²) >= 11 is 3.97. The summed E-state index contributed by atoms with van der Waals surface area (Å²) in [6, 6.07) is 6.80. The lowest BCUT2D eigenvalue weighted by molar-refractivity contribution is -0.159. The molecule has 2 unspecified atom stereocenters. The lowest BCUT2D eigenvalue weighted by atomic mass is 9.49. The number of benzene rings is 1. The summed E-state index contributed by atoms with van der Waals surface area (Å²) < 4.78 is 5.71. The molecular weight excluding hydrogens is 448 g/mol. The number of carbonyl (C=O) groups excluding carboxylic acids is 3. The molecule has 2 N–H and O–H groups in total. The van der Waals surface area contributed by atoms with Crippen molar-refractivity contribution in [3.05, 3.63) is 24.3 Å². The number of esters is 1. The number of rotatable bonds is 6. The Morgan fingerprint density at radius 3 is 2.17 bits per heavy atom. The van der Waals surface area contributed by atoms with Crippen LogP contribution in [0.15, 0.2) is 24.3 Å². The van der Waals surface area contributed by atoms with Gasteiger partial charge in [0.25, 0.3) is 5.91 Å². The van der Waals surface area contributed by atoms with Gasteiger partial charge in [0.05, 0.1) is 6.42 Å². The van der Waals surface area contributed by atoms with E-state index in [1.54, 1.807) is 31.2 Å². The smallest absolute Gasteiger partial charge is 0.307 e. The van der Waals surface area contributed by atoms with E-state index in [1.807, 2.05) is 0 Å². The van der Waals surface area contributed by atoms with Gasteiger partial charge in [0.15, 0.2) is 6.10 Å². The lowest BCUT2D eigenvalue weighted by Gasteiger charge is -2.60. The van der Waals surface area contributed by atoms with Gasteiger partial charge < -0.3 is 15.4 Å². The van der Waals surface area contributed by atoms with Gasteiger partial charge >= 0.3 is 5.97 Å². The summed E-state index contributed by atoms with van der Waals surface area (Å²) in [4.78, 5) is 36.2. The first-order chi connectivity index (χ1) is 14.1. The van der Waals surface area contributed by atoms with Crippen molar-refractivity contribution in [1.29, 1.82) is 0 Å². The third-order valence-electron chi connectivity index (χ3n) is 6.78. The molecule has 4 fully saturated rings. The van der Waals surface area contributed by atoms with E-state index in [2.05, 4.69) is 26.6 Å². The van der Waals surface area contributed by atoms with Gasteiger partial charge in [0, 0.05) is 22.6 Å². The van der Waals surface area contributed by atoms with Gasteiger partial charge in [-0.2, -0.15) is 0 Å². The van der Waals surface area contributed by atoms with E-state index in [0.29, 0.717) is 29.6 Å². The zero-order valence-corrected chi connectivity index (χ0v) is 19.1. The normalized spacial score (nSPS) is 32.4. The Hall–Kier alpha value is -1.89. The van der Waals surface area contributed by atoms with Crippen LogP contribution in [0.2, 0.25) is 0 Å². The number of ether oxygens (including phenoxy) is 1. The molecule has 5 rings (SSSR count). The van der Waals surface area contributed by atoms with Crippen LogP contribution in [0.3, 0.4) is 0 Å². The summed E-state index contributed by atoms with van der Waals surface area (Å²) in [6.07, 6.45) is 6.52. The molecule has 7 heteroatoms. The average molecular weight is 477 g/mol. The second-order valence-corrected chi connectivity index (χ2v) is 11.4. The average Bonchev–Trinajstić information content (AvgIpc) is 2.60. The molecule has 4 bridgehead atoms. The predicted octanol–water partition coefficient (Wildman–Crippen LogP) is 4.64. The maximum atomic E-state index is 12.7. The number of hydrogen-bond donors (Lipinski definition) is 2. The molecular formula is C23H29BrN2O4. The number of anilines is 2. The first-order valence-electron chi connectivity index (χ1n) is 10.7. The van der Waals surface area contributed by atoms with Crippen LogP contribution < -0.4 is 10.6 Å². The van der Waals surface area contributed by atoms with Crippen molar-refractivity contribution >= 4 is 45.1 Å². The van der Waals surface area contributed by atoms with Crippen LogP contribution in [0.25, 0.3) is 0 Å². The maximum absolute atomic E-state index is 12.7. The van der Waals surface area contributed by atoms with Gasteiger partial charge in [-0.15, -0.1) is 0 Å². The van der Waals surface area contributed by atoms with Crippen LogP contribution >= 0.6 is 15.9 Å². The first kappa shape index (κ1) is 21.3. The summed E-state index contributed by atoms with van der Waals surface area (Å²) in [6.45, 7) is 3.04. The molecule has 2 amide bonds. The zero-order valence-electron chi connectivity index (χ0n) is 17.5. The quantitative estimate of drug-likeness (QED) is 0.462. The summed E-state index contributed by atoms with van der Waals surface area (Å²) in [5, 5.41) is 5.43. The van der Waals surface area contributed by atoms with Crippen molar-refractivity contribution in [3.63, 3.8) is 0 Å². The molecule has 30 heavy (non-hydrogen) atoms. The van der Waals surface area contributed by atoms with E-state index in [9.17, 15) is 14.4 Å². The summed E-state index contributed by atoms with van der Waals surface area (Å²) in [5.41, 5.74) is 1.26. The molecule has 4 saturated carbocycles. The third kappa shape index (κ3) is 4.71. The molecule has 1 aromatic rings. The topological polar surface area (TPSA) is 84.5 Å². The van der Waals surface area contributed by atoms with Crippen molar-refractivity contribution in [2.24, 2.45) is 17.3 Å². The van der Waals surface area contributed by atoms with Crippen LogP contribution in [0.5, 0.6) is 0 Å². The van der Waals surface area contributed by atoms with Crippen LogP contribution in [-0.4, -0.2) is 28.2 Å². The maximum Gasteiger partial charge on any atom is 0.307 e. The fourth-order valence-corrected chi connectivity index (χ4v) is 7.74. The molecule has 6 nitrogen and oxygen atoms in total. The van der Waals surface area contributed by atoms with Crippen LogP contribution in [0, 0.1) is 17.3 Å². The number of nitrogens with one attached hydrogen (secondary N) is 2. The van der Waals surface area contributed by atoms with E-state index >= 15 is 0 Å². The van der Waals surface area contributed by atoms with Crippen LogP contribution in [0.1, 0.15) is 58.8 Å². The van der Waals surface area contributed by atoms with E-state index in [-0.39, 0.29) is 27.5 Å². The Kier molecular flexibility index (Phi) is 5.68. The molecule has 4 aliphatic rings. The van der Waals surface area contributed by atoms with Gasteiger partial charge in [0.1, 0.15) is 0 Å². The van der Waals surface area contributed by atoms with Gasteiger partial charge in [0.2, 0.25) is 5.91 Å². The van der Waals surface area contributed by atoms with E-state index in [1.165, 1.54) is 26.2 Å². The molecule has 0 aliphatic heterocycles. The monoisotopic (exact) mass is 476 g/mol. The Morgan fingerprint density at radius 2 is 1.63 bits per heavy atom. The highest BCUT2D eigenvalue weighted by atomic mass is 79.9. The predicted molar refractivity (Wildman–Crippen MR) is 118 cm³/mol. The number of alkyl halides is 1. The van der Waals surface area contributed by atoms with Gasteiger partial charge in [-0.05, 0) is 87.0 Å². The van der Waals surface area contributed by atoms with Crippen molar-refractivity contribution in [3.8, 4) is 0 Å². The molecule has 0 aromatic heterocycles. The van der Waals surface area contributed by atoms with E-state index in [0.717, 1.165) is 19.3 Å². The Balaban J connectivity index is 1.30. The molecule has 0 saturated heterocycles. The third-order valence-corrected chi connectivity index (χ3v) is 7.71. The SMILES string of the molecule is CC(=O)Nc1ccc(NC(=O)[C@@H](C)OC(=O)CC23C[C@@H]4C[C@@H](CC(Br)(C4)C2)C3)cc1. The molecule has 162 valence electrons. The fraction of sp³-hybridized carbons (Fsp3) is 0.609. The lowest BCUT2D eigenvalue weighted by Crippen LogP contribution is -2.53. The minimum atomic E-state index is -0.862. The van der Waals surface area contributed by atoms with Crippen molar-refractivity contribution < 1.29 is 19.1 Å². The Labute approximate surface area is 185 Å². The second kappa shape index (κ2) is 7.98. The minimum Gasteiger partial charge on any atom is -0.453 e. The number of amides is 2. The van der Waals surface area contributed by atoms with Crippen LogP contribution in [-0.2, 0) is 19.1 Å².